The average Bonchev–Trinajstić information content (AvgIpc) is 3.22. The first-order valence-corrected chi connectivity index (χ1v) is 11.5. The van der Waals surface area contributed by atoms with Gasteiger partial charge in [0.05, 0.1) is 24.6 Å². The van der Waals surface area contributed by atoms with Gasteiger partial charge in [0.1, 0.15) is 11.6 Å². The minimum absolute atomic E-state index is 0. The molecule has 3 aromatic rings. The number of halogens is 3. The van der Waals surface area contributed by atoms with Gasteiger partial charge in [-0.25, -0.2) is 8.78 Å². The molecule has 0 saturated carbocycles. The summed E-state index contributed by atoms with van der Waals surface area (Å²) in [5.41, 5.74) is 4.27. The van der Waals surface area contributed by atoms with Crippen LogP contribution in [-0.2, 0) is 11.2 Å². The second kappa shape index (κ2) is 10.7. The molecule has 33 heavy (non-hydrogen) atoms. The zero-order chi connectivity index (χ0) is 21.9. The van der Waals surface area contributed by atoms with Crippen LogP contribution in [0.1, 0.15) is 12.0 Å². The Morgan fingerprint density at radius 2 is 1.52 bits per heavy atom. The van der Waals surface area contributed by atoms with Crippen LogP contribution in [-0.4, -0.2) is 68.9 Å². The lowest BCUT2D eigenvalue weighted by atomic mass is 10.1. The number of hydrogen-bond acceptors (Lipinski definition) is 4. The van der Waals surface area contributed by atoms with Gasteiger partial charge in [-0.3, -0.25) is 4.90 Å². The molecule has 5 rings (SSSR count). The molecule has 178 valence electrons. The zero-order valence-corrected chi connectivity index (χ0v) is 19.6. The van der Waals surface area contributed by atoms with Crippen LogP contribution in [0, 0.1) is 11.6 Å². The molecule has 0 atom stereocenters. The maximum absolute atomic E-state index is 14.0. The predicted octanol–water partition coefficient (Wildman–Crippen LogP) is 4.46. The number of nitrogens with zero attached hydrogens (tertiary/aromatic N) is 3. The van der Waals surface area contributed by atoms with Gasteiger partial charge in [-0.15, -0.1) is 12.4 Å². The molecule has 1 aromatic heterocycles. The Kier molecular flexibility index (Phi) is 7.73. The largest absolute Gasteiger partial charge is 0.378 e. The fraction of sp³-hybridized carbons (Fsp3) is 0.440. The molecule has 2 saturated heterocycles. The van der Waals surface area contributed by atoms with Crippen molar-refractivity contribution in [3.8, 4) is 0 Å². The molecular weight excluding hydrogens is 446 g/mol. The molecule has 0 radical (unpaired) electrons. The van der Waals surface area contributed by atoms with Crippen LogP contribution in [0.4, 0.5) is 20.2 Å². The lowest BCUT2D eigenvalue weighted by Crippen LogP contribution is -2.47. The average molecular weight is 477 g/mol. The summed E-state index contributed by atoms with van der Waals surface area (Å²) < 4.78 is 33.1. The summed E-state index contributed by atoms with van der Waals surface area (Å²) in [5.74, 6) is -0.377. The molecule has 8 heteroatoms. The summed E-state index contributed by atoms with van der Waals surface area (Å²) >= 11 is 0. The van der Waals surface area contributed by atoms with E-state index in [0.717, 1.165) is 80.9 Å². The van der Waals surface area contributed by atoms with Crippen molar-refractivity contribution >= 4 is 34.7 Å². The van der Waals surface area contributed by atoms with Crippen LogP contribution < -0.4 is 9.80 Å². The number of aryl methyl sites for hydroxylation is 1. The van der Waals surface area contributed by atoms with Gasteiger partial charge in [-0.2, -0.15) is 0 Å². The lowest BCUT2D eigenvalue weighted by molar-refractivity contribution is 0.122. The summed E-state index contributed by atoms with van der Waals surface area (Å²) in [6.07, 6.45) is 3.98. The van der Waals surface area contributed by atoms with Gasteiger partial charge in [0.2, 0.25) is 0 Å². The number of hydrogen-bond donors (Lipinski definition) is 1. The Hall–Kier alpha value is -2.35. The third-order valence-electron chi connectivity index (χ3n) is 6.65. The minimum atomic E-state index is -0.189. The first kappa shape index (κ1) is 23.8. The minimum Gasteiger partial charge on any atom is -0.378 e. The summed E-state index contributed by atoms with van der Waals surface area (Å²) in [6, 6.07) is 10.1. The topological polar surface area (TPSA) is 34.7 Å². The molecule has 2 aliphatic heterocycles. The SMILES string of the molecule is Cl.Fc1ccc(N2CCN(CCCc3c[nH]c4ccc(F)cc34)CC2)c(N2CCOCC2)c1. The van der Waals surface area contributed by atoms with Gasteiger partial charge in [0.25, 0.3) is 0 Å². The zero-order valence-electron chi connectivity index (χ0n) is 18.7. The third kappa shape index (κ3) is 5.42. The van der Waals surface area contributed by atoms with Crippen molar-refractivity contribution < 1.29 is 13.5 Å². The number of aromatic amines is 1. The van der Waals surface area contributed by atoms with E-state index in [4.69, 9.17) is 4.74 Å². The Bertz CT molecular complexity index is 1060. The van der Waals surface area contributed by atoms with Crippen LogP contribution in [0.3, 0.4) is 0 Å². The van der Waals surface area contributed by atoms with Crippen LogP contribution in [0.15, 0.2) is 42.6 Å². The number of aromatic nitrogens is 1. The maximum atomic E-state index is 14.0. The molecule has 0 spiro atoms. The second-order valence-corrected chi connectivity index (χ2v) is 8.67. The summed E-state index contributed by atoms with van der Waals surface area (Å²) in [7, 11) is 0. The van der Waals surface area contributed by atoms with Gasteiger partial charge in [-0.05, 0) is 61.3 Å². The van der Waals surface area contributed by atoms with E-state index in [-0.39, 0.29) is 24.0 Å². The molecule has 0 unspecified atom stereocenters. The van der Waals surface area contributed by atoms with E-state index >= 15 is 0 Å². The van der Waals surface area contributed by atoms with Crippen molar-refractivity contribution in [3.05, 3.63) is 59.8 Å². The number of morpholine rings is 1. The highest BCUT2D eigenvalue weighted by molar-refractivity contribution is 5.85. The number of fused-ring (bicyclic) bond motifs is 1. The highest BCUT2D eigenvalue weighted by Gasteiger charge is 2.23. The lowest BCUT2D eigenvalue weighted by Gasteiger charge is -2.39. The molecular formula is C25H31ClF2N4O. The molecule has 3 heterocycles. The van der Waals surface area contributed by atoms with Crippen LogP contribution in [0.25, 0.3) is 10.9 Å². The molecule has 2 aromatic carbocycles. The van der Waals surface area contributed by atoms with E-state index in [9.17, 15) is 8.78 Å². The Morgan fingerprint density at radius 1 is 0.818 bits per heavy atom. The van der Waals surface area contributed by atoms with Crippen molar-refractivity contribution in [1.82, 2.24) is 9.88 Å². The highest BCUT2D eigenvalue weighted by atomic mass is 35.5. The predicted molar refractivity (Wildman–Crippen MR) is 132 cm³/mol. The summed E-state index contributed by atoms with van der Waals surface area (Å²) in [4.78, 5) is 10.3. The van der Waals surface area contributed by atoms with Crippen molar-refractivity contribution in [3.63, 3.8) is 0 Å². The maximum Gasteiger partial charge on any atom is 0.125 e. The van der Waals surface area contributed by atoms with Crippen molar-refractivity contribution in [2.45, 2.75) is 12.8 Å². The van der Waals surface area contributed by atoms with Crippen LogP contribution in [0.5, 0.6) is 0 Å². The van der Waals surface area contributed by atoms with E-state index in [1.807, 2.05) is 12.3 Å². The molecule has 0 aliphatic carbocycles. The van der Waals surface area contributed by atoms with E-state index in [1.165, 1.54) is 11.6 Å². The molecule has 2 fully saturated rings. The summed E-state index contributed by atoms with van der Waals surface area (Å²) in [6.45, 7) is 7.84. The molecule has 0 bridgehead atoms. The van der Waals surface area contributed by atoms with Crippen molar-refractivity contribution in [2.24, 2.45) is 0 Å². The van der Waals surface area contributed by atoms with E-state index in [0.29, 0.717) is 13.2 Å². The van der Waals surface area contributed by atoms with Crippen LogP contribution in [0.2, 0.25) is 0 Å². The first-order chi connectivity index (χ1) is 15.7. The van der Waals surface area contributed by atoms with E-state index in [1.54, 1.807) is 24.3 Å². The Balaban J connectivity index is 0.00000259. The van der Waals surface area contributed by atoms with Gasteiger partial charge in [-0.1, -0.05) is 0 Å². The summed E-state index contributed by atoms with van der Waals surface area (Å²) in [5, 5.41) is 0.988. The third-order valence-corrected chi connectivity index (χ3v) is 6.65. The van der Waals surface area contributed by atoms with Crippen LogP contribution >= 0.6 is 12.4 Å². The molecule has 2 aliphatic rings. The standard InChI is InChI=1S/C25H30F2N4O.ClH/c26-20-3-5-23-22(16-20)19(18-28-23)2-1-7-29-8-10-30(11-9-29)24-6-4-21(27)17-25(24)31-12-14-32-15-13-31;/h3-6,16-18,28H,1-2,7-15H2;1H. The van der Waals surface area contributed by atoms with Gasteiger partial charge >= 0.3 is 0 Å². The molecule has 1 N–H and O–H groups in total. The quantitative estimate of drug-likeness (QED) is 0.569. The number of piperazine rings is 1. The number of ether oxygens (including phenoxy) is 1. The van der Waals surface area contributed by atoms with E-state index in [2.05, 4.69) is 19.7 Å². The number of nitrogens with one attached hydrogen (secondary N) is 1. The second-order valence-electron chi connectivity index (χ2n) is 8.67. The molecule has 0 amide bonds. The van der Waals surface area contributed by atoms with E-state index < -0.39 is 0 Å². The van der Waals surface area contributed by atoms with Crippen molar-refractivity contribution in [1.29, 1.82) is 0 Å². The van der Waals surface area contributed by atoms with Crippen molar-refractivity contribution in [2.75, 3.05) is 68.8 Å². The number of rotatable bonds is 6. The fourth-order valence-corrected chi connectivity index (χ4v) is 4.88. The monoisotopic (exact) mass is 476 g/mol. The normalized spacial score (nSPS) is 17.4. The number of benzene rings is 2. The molecule has 5 nitrogen and oxygen atoms in total. The fourth-order valence-electron chi connectivity index (χ4n) is 4.88. The Labute approximate surface area is 199 Å². The Morgan fingerprint density at radius 3 is 2.30 bits per heavy atom. The highest BCUT2D eigenvalue weighted by Crippen LogP contribution is 2.32. The van der Waals surface area contributed by atoms with Gasteiger partial charge in [0, 0.05) is 56.4 Å². The van der Waals surface area contributed by atoms with Gasteiger partial charge < -0.3 is 19.5 Å². The van der Waals surface area contributed by atoms with Gasteiger partial charge in [0.15, 0.2) is 0 Å². The first-order valence-electron chi connectivity index (χ1n) is 11.5. The smallest absolute Gasteiger partial charge is 0.125 e. The number of anilines is 2. The number of H-pyrrole nitrogens is 1.